The molecule has 2 aliphatic rings. The first-order valence-electron chi connectivity index (χ1n) is 7.99. The van der Waals surface area contributed by atoms with E-state index in [0.29, 0.717) is 11.8 Å². The zero-order valence-electron chi connectivity index (χ0n) is 12.3. The van der Waals surface area contributed by atoms with E-state index in [1.807, 2.05) is 31.2 Å². The summed E-state index contributed by atoms with van der Waals surface area (Å²) in [5.74, 6) is 2.63. The molecule has 2 aromatic rings. The van der Waals surface area contributed by atoms with Crippen LogP contribution in [-0.4, -0.2) is 15.9 Å². The fraction of sp³-hybridized carbons (Fsp3) is 0.529. The molecule has 0 radical (unpaired) electrons. The third-order valence-electron chi connectivity index (χ3n) is 5.14. The lowest BCUT2D eigenvalue weighted by molar-refractivity contribution is -0.123. The van der Waals surface area contributed by atoms with Gasteiger partial charge in [0.25, 0.3) is 0 Å². The Balaban J connectivity index is 1.45. The Bertz CT molecular complexity index is 632. The van der Waals surface area contributed by atoms with Gasteiger partial charge in [-0.15, -0.1) is 0 Å². The van der Waals surface area contributed by atoms with Crippen molar-refractivity contribution in [1.82, 2.24) is 15.3 Å². The molecular formula is C17H21N3O. The molecule has 3 unspecified atom stereocenters. The summed E-state index contributed by atoms with van der Waals surface area (Å²) in [6.45, 7) is 2.00. The highest BCUT2D eigenvalue weighted by Crippen LogP contribution is 2.55. The molecule has 4 nitrogen and oxygen atoms in total. The van der Waals surface area contributed by atoms with Gasteiger partial charge in [0.15, 0.2) is 0 Å². The lowest BCUT2D eigenvalue weighted by Gasteiger charge is -2.11. The maximum Gasteiger partial charge on any atom is 0.224 e. The van der Waals surface area contributed by atoms with Gasteiger partial charge in [-0.3, -0.25) is 4.79 Å². The second-order valence-electron chi connectivity index (χ2n) is 6.51. The third kappa shape index (κ3) is 2.23. The Hall–Kier alpha value is -1.84. The van der Waals surface area contributed by atoms with Crippen molar-refractivity contribution in [3.63, 3.8) is 0 Å². The predicted molar refractivity (Wildman–Crippen MR) is 81.6 cm³/mol. The molecule has 0 bridgehead atoms. The maximum atomic E-state index is 12.4. The molecule has 3 atom stereocenters. The molecule has 4 heteroatoms. The van der Waals surface area contributed by atoms with Crippen molar-refractivity contribution in [1.29, 1.82) is 0 Å². The molecule has 4 rings (SSSR count). The first kappa shape index (κ1) is 12.9. The lowest BCUT2D eigenvalue weighted by atomic mass is 10.0. The van der Waals surface area contributed by atoms with Crippen molar-refractivity contribution >= 4 is 16.9 Å². The Morgan fingerprint density at radius 1 is 1.29 bits per heavy atom. The minimum absolute atomic E-state index is 0.0625. The van der Waals surface area contributed by atoms with Gasteiger partial charge in [0.2, 0.25) is 5.91 Å². The van der Waals surface area contributed by atoms with Crippen molar-refractivity contribution in [2.24, 2.45) is 17.8 Å². The minimum Gasteiger partial charge on any atom is -0.346 e. The fourth-order valence-electron chi connectivity index (χ4n) is 3.94. The van der Waals surface area contributed by atoms with Crippen molar-refractivity contribution in [3.05, 3.63) is 30.1 Å². The number of nitrogens with zero attached hydrogens (tertiary/aromatic N) is 1. The van der Waals surface area contributed by atoms with Crippen LogP contribution in [0.25, 0.3) is 11.0 Å². The Morgan fingerprint density at radius 3 is 2.71 bits per heavy atom. The topological polar surface area (TPSA) is 57.8 Å². The summed E-state index contributed by atoms with van der Waals surface area (Å²) in [5.41, 5.74) is 1.97. The van der Waals surface area contributed by atoms with E-state index in [1.54, 1.807) is 0 Å². The van der Waals surface area contributed by atoms with E-state index in [0.717, 1.165) is 16.9 Å². The first-order valence-corrected chi connectivity index (χ1v) is 7.99. The average molecular weight is 283 g/mol. The first-order chi connectivity index (χ1) is 10.2. The lowest BCUT2D eigenvalue weighted by Crippen LogP contribution is -2.29. The second kappa shape index (κ2) is 4.86. The molecule has 2 saturated carbocycles. The summed E-state index contributed by atoms with van der Waals surface area (Å²) < 4.78 is 0. The van der Waals surface area contributed by atoms with Gasteiger partial charge in [0.05, 0.1) is 17.1 Å². The van der Waals surface area contributed by atoms with Crippen LogP contribution in [0.3, 0.4) is 0 Å². The molecule has 0 saturated heterocycles. The number of amides is 1. The average Bonchev–Trinajstić information content (AvgIpc) is 3.07. The number of H-pyrrole nitrogens is 1. The zero-order chi connectivity index (χ0) is 14.4. The molecular weight excluding hydrogens is 262 g/mol. The number of aromatic amines is 1. The Kier molecular flexibility index (Phi) is 2.98. The third-order valence-corrected chi connectivity index (χ3v) is 5.14. The monoisotopic (exact) mass is 283 g/mol. The fourth-order valence-corrected chi connectivity index (χ4v) is 3.94. The highest BCUT2D eigenvalue weighted by atomic mass is 16.2. The summed E-state index contributed by atoms with van der Waals surface area (Å²) >= 11 is 0. The molecule has 0 spiro atoms. The largest absolute Gasteiger partial charge is 0.346 e. The highest BCUT2D eigenvalue weighted by molar-refractivity contribution is 5.82. The summed E-state index contributed by atoms with van der Waals surface area (Å²) in [5, 5.41) is 3.14. The predicted octanol–water partition coefficient (Wildman–Crippen LogP) is 3.18. The zero-order valence-corrected chi connectivity index (χ0v) is 12.3. The molecule has 1 aromatic heterocycles. The summed E-state index contributed by atoms with van der Waals surface area (Å²) in [6.07, 6.45) is 5.07. The second-order valence-corrected chi connectivity index (χ2v) is 6.51. The number of para-hydroxylation sites is 2. The number of imidazole rings is 1. The Morgan fingerprint density at radius 2 is 2.00 bits per heavy atom. The van der Waals surface area contributed by atoms with Gasteiger partial charge >= 0.3 is 0 Å². The molecule has 21 heavy (non-hydrogen) atoms. The van der Waals surface area contributed by atoms with Gasteiger partial charge < -0.3 is 10.3 Å². The van der Waals surface area contributed by atoms with Gasteiger partial charge in [-0.2, -0.15) is 0 Å². The van der Waals surface area contributed by atoms with Crippen LogP contribution in [0.2, 0.25) is 0 Å². The number of hydrogen-bond acceptors (Lipinski definition) is 2. The van der Waals surface area contributed by atoms with Crippen molar-refractivity contribution in [2.75, 3.05) is 0 Å². The normalized spacial score (nSPS) is 28.9. The number of fused-ring (bicyclic) bond motifs is 2. The number of rotatable bonds is 3. The van der Waals surface area contributed by atoms with E-state index >= 15 is 0 Å². The van der Waals surface area contributed by atoms with Crippen LogP contribution in [0.4, 0.5) is 0 Å². The number of hydrogen-bond donors (Lipinski definition) is 2. The Labute approximate surface area is 124 Å². The highest BCUT2D eigenvalue weighted by Gasteiger charge is 2.54. The van der Waals surface area contributed by atoms with Crippen molar-refractivity contribution in [3.8, 4) is 0 Å². The number of carbonyl (C=O) groups is 1. The van der Waals surface area contributed by atoms with Gasteiger partial charge in [-0.25, -0.2) is 4.98 Å². The van der Waals surface area contributed by atoms with E-state index in [2.05, 4.69) is 15.3 Å². The SMILES string of the molecule is CC(NC(=O)C1C2CCCCC21)c1nc2ccccc2[nH]1. The molecule has 0 aliphatic heterocycles. The quantitative estimate of drug-likeness (QED) is 0.909. The standard InChI is InChI=1S/C17H21N3O/c1-10(16-19-13-8-4-5-9-14(13)20-16)18-17(21)15-11-6-2-3-7-12(11)15/h4-5,8-12,15H,2-3,6-7H2,1H3,(H,18,21)(H,19,20). The number of aromatic nitrogens is 2. The van der Waals surface area contributed by atoms with Gasteiger partial charge in [-0.05, 0) is 43.7 Å². The molecule has 110 valence electrons. The van der Waals surface area contributed by atoms with E-state index in [4.69, 9.17) is 0 Å². The van der Waals surface area contributed by atoms with Crippen LogP contribution in [-0.2, 0) is 4.79 Å². The maximum absolute atomic E-state index is 12.4. The van der Waals surface area contributed by atoms with Crippen LogP contribution in [0.15, 0.2) is 24.3 Å². The number of carbonyl (C=O) groups excluding carboxylic acids is 1. The molecule has 1 aromatic carbocycles. The molecule has 1 amide bonds. The van der Waals surface area contributed by atoms with Crippen molar-refractivity contribution in [2.45, 2.75) is 38.6 Å². The summed E-state index contributed by atoms with van der Waals surface area (Å²) in [4.78, 5) is 20.3. The summed E-state index contributed by atoms with van der Waals surface area (Å²) in [6, 6.07) is 7.90. The van der Waals surface area contributed by atoms with Gasteiger partial charge in [0, 0.05) is 5.92 Å². The van der Waals surface area contributed by atoms with E-state index in [1.165, 1.54) is 25.7 Å². The smallest absolute Gasteiger partial charge is 0.224 e. The van der Waals surface area contributed by atoms with Crippen LogP contribution >= 0.6 is 0 Å². The number of nitrogens with one attached hydrogen (secondary N) is 2. The van der Waals surface area contributed by atoms with E-state index in [9.17, 15) is 4.79 Å². The molecule has 2 N–H and O–H groups in total. The van der Waals surface area contributed by atoms with E-state index < -0.39 is 0 Å². The summed E-state index contributed by atoms with van der Waals surface area (Å²) in [7, 11) is 0. The molecule has 2 fully saturated rings. The van der Waals surface area contributed by atoms with Crippen LogP contribution in [0.5, 0.6) is 0 Å². The molecule has 2 aliphatic carbocycles. The van der Waals surface area contributed by atoms with Crippen LogP contribution < -0.4 is 5.32 Å². The van der Waals surface area contributed by atoms with E-state index in [-0.39, 0.29) is 17.9 Å². The number of benzene rings is 1. The van der Waals surface area contributed by atoms with Gasteiger partial charge in [0.1, 0.15) is 5.82 Å². The minimum atomic E-state index is -0.0625. The van der Waals surface area contributed by atoms with Crippen LogP contribution in [0.1, 0.15) is 44.5 Å². The van der Waals surface area contributed by atoms with Crippen molar-refractivity contribution < 1.29 is 4.79 Å². The van der Waals surface area contributed by atoms with Crippen LogP contribution in [0, 0.1) is 17.8 Å². The van der Waals surface area contributed by atoms with Gasteiger partial charge in [-0.1, -0.05) is 25.0 Å². The molecule has 1 heterocycles.